The highest BCUT2D eigenvalue weighted by Gasteiger charge is 2.59. The van der Waals surface area contributed by atoms with E-state index in [4.69, 9.17) is 18.9 Å². The van der Waals surface area contributed by atoms with E-state index in [1.54, 1.807) is 0 Å². The van der Waals surface area contributed by atoms with E-state index < -0.39 is 84.9 Å². The fourth-order valence-electron chi connectivity index (χ4n) is 2.95. The molecular formula is C16H27BrO12. The van der Waals surface area contributed by atoms with Crippen molar-refractivity contribution >= 4 is 21.9 Å². The molecule has 0 saturated carbocycles. The minimum atomic E-state index is -2.28. The number of carbonyl (C=O) groups excluding carboxylic acids is 1. The number of rotatable bonds is 7. The molecule has 2 aliphatic rings. The Bertz CT molecular complexity index is 569. The summed E-state index contributed by atoms with van der Waals surface area (Å²) in [5.74, 6) is -3.05. The first-order valence-electron chi connectivity index (χ1n) is 8.87. The van der Waals surface area contributed by atoms with Gasteiger partial charge in [0, 0.05) is 0 Å². The molecule has 0 aromatic heterocycles. The summed E-state index contributed by atoms with van der Waals surface area (Å²) in [4.78, 5) is 12.1. The fourth-order valence-corrected chi connectivity index (χ4v) is 3.07. The minimum absolute atomic E-state index is 0.712. The van der Waals surface area contributed by atoms with Gasteiger partial charge in [0.05, 0.1) is 13.2 Å². The van der Waals surface area contributed by atoms with Crippen molar-refractivity contribution in [1.29, 1.82) is 0 Å². The van der Waals surface area contributed by atoms with E-state index in [9.17, 15) is 40.5 Å². The molecule has 0 spiro atoms. The molecule has 0 aromatic carbocycles. The lowest BCUT2D eigenvalue weighted by Gasteiger charge is -2.43. The molecule has 2 rings (SSSR count). The number of carbonyl (C=O) groups is 1. The van der Waals surface area contributed by atoms with Gasteiger partial charge in [-0.1, -0.05) is 15.9 Å². The van der Waals surface area contributed by atoms with Gasteiger partial charge in [-0.15, -0.1) is 0 Å². The molecule has 13 heteroatoms. The van der Waals surface area contributed by atoms with Crippen molar-refractivity contribution in [2.45, 2.75) is 73.0 Å². The summed E-state index contributed by atoms with van der Waals surface area (Å²) in [7, 11) is 0. The molecule has 0 aromatic rings. The smallest absolute Gasteiger partial charge is 0.322 e. The maximum absolute atomic E-state index is 12.1. The third kappa shape index (κ3) is 5.07. The first-order chi connectivity index (χ1) is 13.4. The van der Waals surface area contributed by atoms with Crippen molar-refractivity contribution in [3.8, 4) is 0 Å². The number of alkyl halides is 1. The van der Waals surface area contributed by atoms with Crippen LogP contribution in [-0.2, 0) is 23.7 Å². The highest BCUT2D eigenvalue weighted by molar-refractivity contribution is 9.10. The number of halogens is 1. The average Bonchev–Trinajstić information content (AvgIpc) is 2.90. The molecule has 9 atom stereocenters. The molecular weight excluding hydrogens is 464 g/mol. The van der Waals surface area contributed by atoms with Gasteiger partial charge >= 0.3 is 5.97 Å². The third-order valence-electron chi connectivity index (χ3n) is 4.74. The van der Waals surface area contributed by atoms with Crippen molar-refractivity contribution in [2.24, 2.45) is 0 Å². The van der Waals surface area contributed by atoms with Crippen molar-refractivity contribution in [3.63, 3.8) is 0 Å². The number of ether oxygens (including phenoxy) is 4. The fraction of sp³-hybridized carbons (Fsp3) is 0.938. The summed E-state index contributed by atoms with van der Waals surface area (Å²) in [5.41, 5.74) is 0. The van der Waals surface area contributed by atoms with E-state index in [1.807, 2.05) is 0 Å². The Morgan fingerprint density at radius 1 is 1.00 bits per heavy atom. The molecule has 7 N–H and O–H groups in total. The summed E-state index contributed by atoms with van der Waals surface area (Å²) in [6.45, 7) is 0.784. The predicted octanol–water partition coefficient (Wildman–Crippen LogP) is -3.67. The third-order valence-corrected chi connectivity index (χ3v) is 5.06. The molecule has 170 valence electrons. The maximum atomic E-state index is 12.1. The van der Waals surface area contributed by atoms with Gasteiger partial charge in [0.15, 0.2) is 6.29 Å². The topological polar surface area (TPSA) is 196 Å². The lowest BCUT2D eigenvalue weighted by molar-refractivity contribution is -0.383. The van der Waals surface area contributed by atoms with Crippen LogP contribution in [0.15, 0.2) is 0 Å². The van der Waals surface area contributed by atoms with E-state index in [2.05, 4.69) is 15.9 Å². The zero-order valence-corrected chi connectivity index (χ0v) is 17.4. The molecule has 0 bridgehead atoms. The van der Waals surface area contributed by atoms with Crippen LogP contribution in [0, 0.1) is 0 Å². The van der Waals surface area contributed by atoms with E-state index in [1.165, 1.54) is 13.8 Å². The van der Waals surface area contributed by atoms with Crippen LogP contribution in [-0.4, -0.2) is 121 Å². The second-order valence-corrected chi connectivity index (χ2v) is 9.43. The summed E-state index contributed by atoms with van der Waals surface area (Å²) in [6, 6.07) is 0. The van der Waals surface area contributed by atoms with E-state index >= 15 is 0 Å². The van der Waals surface area contributed by atoms with Gasteiger partial charge in [0.1, 0.15) is 53.7 Å². The Hall–Kier alpha value is -0.450. The maximum Gasteiger partial charge on any atom is 0.322 e. The van der Waals surface area contributed by atoms with Crippen molar-refractivity contribution in [3.05, 3.63) is 0 Å². The summed E-state index contributed by atoms with van der Waals surface area (Å²) >= 11 is 3.10. The van der Waals surface area contributed by atoms with Crippen LogP contribution in [0.4, 0.5) is 0 Å². The molecule has 0 radical (unpaired) electrons. The van der Waals surface area contributed by atoms with Crippen molar-refractivity contribution in [1.82, 2.24) is 0 Å². The Labute approximate surface area is 174 Å². The number of hydrogen-bond donors (Lipinski definition) is 7. The Morgan fingerprint density at radius 2 is 1.59 bits per heavy atom. The Morgan fingerprint density at radius 3 is 2.07 bits per heavy atom. The second kappa shape index (κ2) is 9.36. The van der Waals surface area contributed by atoms with E-state index in [-0.39, 0.29) is 0 Å². The predicted molar refractivity (Wildman–Crippen MR) is 95.5 cm³/mol. The monoisotopic (exact) mass is 490 g/mol. The number of hydrogen-bond acceptors (Lipinski definition) is 12. The van der Waals surface area contributed by atoms with Gasteiger partial charge in [-0.2, -0.15) is 0 Å². The Kier molecular flexibility index (Phi) is 8.01. The molecule has 2 heterocycles. The SMILES string of the molecule is CC(C)(Br)C(=O)OC[C@@]1(O[C@H]2O[C@H](CO)[C@@H](O)[C@H](O)[C@H]2O)O[C@H](CO)[C@@H](O)[C@@H]1O. The lowest BCUT2D eigenvalue weighted by atomic mass is 9.99. The average molecular weight is 491 g/mol. The van der Waals surface area contributed by atoms with Crippen LogP contribution >= 0.6 is 15.9 Å². The number of aliphatic hydroxyl groups excluding tert-OH is 7. The molecule has 0 aliphatic carbocycles. The second-order valence-electron chi connectivity index (χ2n) is 7.45. The summed E-state index contributed by atoms with van der Waals surface area (Å²) < 4.78 is 20.1. The molecule has 29 heavy (non-hydrogen) atoms. The zero-order valence-electron chi connectivity index (χ0n) is 15.8. The van der Waals surface area contributed by atoms with Crippen molar-refractivity contribution < 1.29 is 59.5 Å². The molecule has 2 aliphatic heterocycles. The van der Waals surface area contributed by atoms with Crippen LogP contribution in [0.1, 0.15) is 13.8 Å². The quantitative estimate of drug-likeness (QED) is 0.136. The minimum Gasteiger partial charge on any atom is -0.459 e. The molecule has 0 unspecified atom stereocenters. The first kappa shape index (κ1) is 24.8. The zero-order chi connectivity index (χ0) is 22.1. The highest BCUT2D eigenvalue weighted by Crippen LogP contribution is 2.37. The van der Waals surface area contributed by atoms with Crippen LogP contribution in [0.2, 0.25) is 0 Å². The van der Waals surface area contributed by atoms with Crippen LogP contribution in [0.3, 0.4) is 0 Å². The molecule has 2 saturated heterocycles. The van der Waals surface area contributed by atoms with Crippen LogP contribution in [0.5, 0.6) is 0 Å². The summed E-state index contributed by atoms with van der Waals surface area (Å²) in [5, 5.41) is 69.2. The van der Waals surface area contributed by atoms with E-state index in [0.717, 1.165) is 0 Å². The highest BCUT2D eigenvalue weighted by atomic mass is 79.9. The molecule has 0 amide bonds. The van der Waals surface area contributed by atoms with Gasteiger partial charge < -0.3 is 54.7 Å². The van der Waals surface area contributed by atoms with Gasteiger partial charge in [0.25, 0.3) is 0 Å². The van der Waals surface area contributed by atoms with Gasteiger partial charge in [-0.25, -0.2) is 0 Å². The van der Waals surface area contributed by atoms with Gasteiger partial charge in [0.2, 0.25) is 5.79 Å². The normalized spacial score (nSPS) is 43.4. The molecule has 2 fully saturated rings. The number of esters is 1. The van der Waals surface area contributed by atoms with Gasteiger partial charge in [-0.3, -0.25) is 4.79 Å². The first-order valence-corrected chi connectivity index (χ1v) is 9.66. The lowest BCUT2D eigenvalue weighted by Crippen LogP contribution is -2.63. The summed E-state index contributed by atoms with van der Waals surface area (Å²) in [6.07, 6.45) is -13.1. The largest absolute Gasteiger partial charge is 0.459 e. The van der Waals surface area contributed by atoms with E-state index in [0.29, 0.717) is 0 Å². The van der Waals surface area contributed by atoms with Crippen molar-refractivity contribution in [2.75, 3.05) is 19.8 Å². The van der Waals surface area contributed by atoms with Crippen LogP contribution in [0.25, 0.3) is 0 Å². The molecule has 12 nitrogen and oxygen atoms in total. The van der Waals surface area contributed by atoms with Gasteiger partial charge in [-0.05, 0) is 13.8 Å². The standard InChI is InChI=1S/C16H27BrO12/c1-15(2,17)14(25)26-5-16(12(24)9(21)7(4-19)28-16)29-13-11(23)10(22)8(20)6(3-18)27-13/h6-13,18-24H,3-5H2,1-2H3/t6-,7-,8-,9-,10+,11-,12+,13-,16+/m1/s1. The Balaban J connectivity index is 2.27. The van der Waals surface area contributed by atoms with Crippen LogP contribution < -0.4 is 0 Å². The number of aliphatic hydroxyl groups is 7.